The van der Waals surface area contributed by atoms with Crippen molar-refractivity contribution in [2.75, 3.05) is 31.1 Å². The second-order valence-corrected chi connectivity index (χ2v) is 9.05. The molecule has 2 N–H and O–H groups in total. The van der Waals surface area contributed by atoms with E-state index in [1.165, 1.54) is 23.8 Å². The van der Waals surface area contributed by atoms with Gasteiger partial charge in [-0.2, -0.15) is 0 Å². The van der Waals surface area contributed by atoms with Gasteiger partial charge in [-0.25, -0.2) is 4.79 Å². The van der Waals surface area contributed by atoms with Crippen molar-refractivity contribution in [3.05, 3.63) is 28.7 Å². The molecule has 1 aromatic heterocycles. The molecule has 30 heavy (non-hydrogen) atoms. The number of anilines is 1. The summed E-state index contributed by atoms with van der Waals surface area (Å²) < 4.78 is 3.14. The highest BCUT2D eigenvalue weighted by atomic mass is 16.2. The van der Waals surface area contributed by atoms with Crippen LogP contribution in [0.4, 0.5) is 5.69 Å². The molecule has 4 heterocycles. The molecule has 3 saturated heterocycles. The molecule has 160 valence electrons. The van der Waals surface area contributed by atoms with Crippen molar-refractivity contribution in [2.45, 2.75) is 38.1 Å². The Bertz CT molecular complexity index is 1040. The summed E-state index contributed by atoms with van der Waals surface area (Å²) in [6.07, 6.45) is 4.50. The van der Waals surface area contributed by atoms with Crippen molar-refractivity contribution in [1.29, 1.82) is 0 Å². The Kier molecular flexibility index (Phi) is 4.89. The Morgan fingerprint density at radius 3 is 2.50 bits per heavy atom. The number of imide groups is 1. The third kappa shape index (κ3) is 3.33. The van der Waals surface area contributed by atoms with Crippen LogP contribution >= 0.6 is 0 Å². The maximum atomic E-state index is 12.9. The monoisotopic (exact) mass is 411 g/mol. The summed E-state index contributed by atoms with van der Waals surface area (Å²) in [6, 6.07) is 5.41. The van der Waals surface area contributed by atoms with E-state index in [1.807, 2.05) is 12.1 Å². The number of amides is 2. The molecule has 8 nitrogen and oxygen atoms in total. The highest BCUT2D eigenvalue weighted by Gasteiger charge is 2.33. The van der Waals surface area contributed by atoms with E-state index in [0.717, 1.165) is 54.7 Å². The second-order valence-electron chi connectivity index (χ2n) is 9.05. The molecule has 0 spiro atoms. The van der Waals surface area contributed by atoms with Gasteiger partial charge in [0.1, 0.15) is 6.04 Å². The number of carbonyl (C=O) groups is 2. The lowest BCUT2D eigenvalue weighted by molar-refractivity contribution is -0.135. The maximum Gasteiger partial charge on any atom is 0.329 e. The lowest BCUT2D eigenvalue weighted by Crippen LogP contribution is -2.48. The van der Waals surface area contributed by atoms with Crippen LogP contribution in [-0.4, -0.2) is 47.1 Å². The van der Waals surface area contributed by atoms with E-state index in [2.05, 4.69) is 21.6 Å². The zero-order valence-corrected chi connectivity index (χ0v) is 17.4. The number of nitrogens with one attached hydrogen (secondary N) is 2. The Balaban J connectivity index is 1.34. The van der Waals surface area contributed by atoms with Gasteiger partial charge < -0.3 is 10.2 Å². The number of imidazole rings is 1. The molecule has 0 aliphatic carbocycles. The van der Waals surface area contributed by atoms with E-state index >= 15 is 0 Å². The van der Waals surface area contributed by atoms with Gasteiger partial charge in [0.2, 0.25) is 11.8 Å². The van der Waals surface area contributed by atoms with Gasteiger partial charge in [0.15, 0.2) is 0 Å². The molecule has 0 saturated carbocycles. The fourth-order valence-corrected chi connectivity index (χ4v) is 5.30. The van der Waals surface area contributed by atoms with Crippen LogP contribution in [0.3, 0.4) is 0 Å². The smallest absolute Gasteiger partial charge is 0.329 e. The number of nitrogens with zero attached hydrogens (tertiary/aromatic N) is 3. The SMILES string of the molecule is Cn1c(=O)n(C2CCC(=O)NC2=O)c2ccc(N3CC(CC4CCNCC4)C3)cc21. The number of benzene rings is 1. The normalized spacial score (nSPS) is 23.6. The Morgan fingerprint density at radius 1 is 1.00 bits per heavy atom. The van der Waals surface area contributed by atoms with Crippen LogP contribution < -0.4 is 21.2 Å². The number of fused-ring (bicyclic) bond motifs is 1. The molecule has 5 rings (SSSR count). The molecule has 2 aromatic rings. The third-order valence-electron chi connectivity index (χ3n) is 7.04. The summed E-state index contributed by atoms with van der Waals surface area (Å²) in [6.45, 7) is 4.43. The molecule has 1 atom stereocenters. The van der Waals surface area contributed by atoms with Crippen molar-refractivity contribution in [3.63, 3.8) is 0 Å². The number of piperidine rings is 2. The Labute approximate surface area is 175 Å². The first-order valence-corrected chi connectivity index (χ1v) is 11.0. The van der Waals surface area contributed by atoms with Crippen molar-refractivity contribution >= 4 is 28.5 Å². The van der Waals surface area contributed by atoms with Gasteiger partial charge in [-0.1, -0.05) is 0 Å². The van der Waals surface area contributed by atoms with Gasteiger partial charge in [-0.3, -0.25) is 24.0 Å². The van der Waals surface area contributed by atoms with Crippen LogP contribution in [0.15, 0.2) is 23.0 Å². The standard InChI is InChI=1S/C22H29N5O3/c1-25-19-11-16(26-12-15(13-26)10-14-6-8-23-9-7-14)2-3-17(19)27(22(25)30)18-4-5-20(28)24-21(18)29/h2-3,11,14-15,18,23H,4-10,12-13H2,1H3,(H,24,28,29). The molecular weight excluding hydrogens is 382 g/mol. The molecule has 3 aliphatic rings. The van der Waals surface area contributed by atoms with E-state index < -0.39 is 11.9 Å². The lowest BCUT2D eigenvalue weighted by Gasteiger charge is -2.43. The molecule has 3 aliphatic heterocycles. The highest BCUT2D eigenvalue weighted by Crippen LogP contribution is 2.33. The van der Waals surface area contributed by atoms with E-state index in [9.17, 15) is 14.4 Å². The summed E-state index contributed by atoms with van der Waals surface area (Å²) in [4.78, 5) is 39.1. The second kappa shape index (κ2) is 7.58. The van der Waals surface area contributed by atoms with Crippen molar-refractivity contribution in [3.8, 4) is 0 Å². The van der Waals surface area contributed by atoms with Gasteiger partial charge in [-0.15, -0.1) is 0 Å². The van der Waals surface area contributed by atoms with Crippen LogP contribution in [0.5, 0.6) is 0 Å². The highest BCUT2D eigenvalue weighted by molar-refractivity contribution is 6.00. The van der Waals surface area contributed by atoms with Gasteiger partial charge in [0, 0.05) is 32.2 Å². The van der Waals surface area contributed by atoms with Crippen LogP contribution in [0, 0.1) is 11.8 Å². The molecule has 8 heteroatoms. The Hall–Kier alpha value is -2.61. The lowest BCUT2D eigenvalue weighted by atomic mass is 9.84. The summed E-state index contributed by atoms with van der Waals surface area (Å²) in [7, 11) is 1.74. The zero-order chi connectivity index (χ0) is 20.8. The first kappa shape index (κ1) is 19.4. The van der Waals surface area contributed by atoms with E-state index in [1.54, 1.807) is 11.6 Å². The van der Waals surface area contributed by atoms with Gasteiger partial charge in [0.05, 0.1) is 11.0 Å². The minimum Gasteiger partial charge on any atom is -0.371 e. The molecular formula is C22H29N5O3. The molecule has 0 bridgehead atoms. The van der Waals surface area contributed by atoms with Gasteiger partial charge >= 0.3 is 5.69 Å². The first-order chi connectivity index (χ1) is 14.5. The quantitative estimate of drug-likeness (QED) is 0.737. The van der Waals surface area contributed by atoms with E-state index in [4.69, 9.17) is 0 Å². The van der Waals surface area contributed by atoms with Crippen molar-refractivity contribution < 1.29 is 9.59 Å². The Morgan fingerprint density at radius 2 is 1.77 bits per heavy atom. The fourth-order valence-electron chi connectivity index (χ4n) is 5.30. The predicted molar refractivity (Wildman–Crippen MR) is 115 cm³/mol. The molecule has 1 aromatic carbocycles. The zero-order valence-electron chi connectivity index (χ0n) is 17.4. The average Bonchev–Trinajstić information content (AvgIpc) is 2.96. The van der Waals surface area contributed by atoms with Crippen LogP contribution in [-0.2, 0) is 16.6 Å². The fraction of sp³-hybridized carbons (Fsp3) is 0.591. The molecule has 0 radical (unpaired) electrons. The van der Waals surface area contributed by atoms with E-state index in [-0.39, 0.29) is 18.0 Å². The number of hydrogen-bond acceptors (Lipinski definition) is 5. The molecule has 3 fully saturated rings. The van der Waals surface area contributed by atoms with Gasteiger partial charge in [0.25, 0.3) is 0 Å². The summed E-state index contributed by atoms with van der Waals surface area (Å²) in [5.41, 5.74) is 2.47. The number of rotatable bonds is 4. The number of hydrogen-bond donors (Lipinski definition) is 2. The number of aryl methyl sites for hydroxylation is 1. The predicted octanol–water partition coefficient (Wildman–Crippen LogP) is 1.14. The van der Waals surface area contributed by atoms with Gasteiger partial charge in [-0.05, 0) is 68.8 Å². The van der Waals surface area contributed by atoms with Crippen molar-refractivity contribution in [1.82, 2.24) is 19.8 Å². The first-order valence-electron chi connectivity index (χ1n) is 11.0. The summed E-state index contributed by atoms with van der Waals surface area (Å²) in [5.74, 6) is 0.932. The maximum absolute atomic E-state index is 12.9. The third-order valence-corrected chi connectivity index (χ3v) is 7.04. The number of aromatic nitrogens is 2. The van der Waals surface area contributed by atoms with E-state index in [0.29, 0.717) is 6.42 Å². The van der Waals surface area contributed by atoms with Crippen LogP contribution in [0.1, 0.15) is 38.1 Å². The van der Waals surface area contributed by atoms with Crippen molar-refractivity contribution in [2.24, 2.45) is 18.9 Å². The minimum absolute atomic E-state index is 0.218. The molecule has 1 unspecified atom stereocenters. The molecule has 2 amide bonds. The average molecular weight is 412 g/mol. The van der Waals surface area contributed by atoms with Crippen LogP contribution in [0.2, 0.25) is 0 Å². The topological polar surface area (TPSA) is 88.4 Å². The summed E-state index contributed by atoms with van der Waals surface area (Å²) in [5, 5.41) is 5.79. The largest absolute Gasteiger partial charge is 0.371 e. The number of carbonyl (C=O) groups excluding carboxylic acids is 2. The minimum atomic E-state index is -0.636. The summed E-state index contributed by atoms with van der Waals surface area (Å²) >= 11 is 0. The van der Waals surface area contributed by atoms with Crippen LogP contribution in [0.25, 0.3) is 11.0 Å².